The smallest absolute Gasteiger partial charge is 0.130 e. The fourth-order valence-electron chi connectivity index (χ4n) is 2.74. The Hall–Kier alpha value is -1.12. The highest BCUT2D eigenvalue weighted by atomic mass is 35.5. The summed E-state index contributed by atoms with van der Waals surface area (Å²) in [5.41, 5.74) is 1.64. The molecule has 0 N–H and O–H groups in total. The molecule has 3 heteroatoms. The van der Waals surface area contributed by atoms with Gasteiger partial charge < -0.3 is 0 Å². The molecule has 17 heavy (non-hydrogen) atoms. The average molecular weight is 263 g/mol. The van der Waals surface area contributed by atoms with E-state index in [0.29, 0.717) is 5.02 Å². The van der Waals surface area contributed by atoms with Gasteiger partial charge in [0.05, 0.1) is 0 Å². The molecule has 0 bridgehead atoms. The zero-order chi connectivity index (χ0) is 12.2. The molecular formula is C14H12ClFSi. The lowest BCUT2D eigenvalue weighted by atomic mass is 10.1. The molecule has 0 fully saturated rings. The summed E-state index contributed by atoms with van der Waals surface area (Å²) in [5, 5.41) is 3.05. The lowest BCUT2D eigenvalue weighted by Gasteiger charge is -2.18. The third-order valence-corrected chi connectivity index (χ3v) is 7.47. The molecule has 0 aromatic heterocycles. The van der Waals surface area contributed by atoms with Crippen LogP contribution in [0.15, 0.2) is 36.4 Å². The predicted octanol–water partition coefficient (Wildman–Crippen LogP) is 3.28. The number of halogens is 2. The minimum Gasteiger partial charge on any atom is -0.206 e. The number of hydrogen-bond donors (Lipinski definition) is 0. The lowest BCUT2D eigenvalue weighted by Crippen LogP contribution is -2.49. The molecule has 0 saturated carbocycles. The molecule has 3 rings (SSSR count). The third kappa shape index (κ3) is 1.34. The van der Waals surface area contributed by atoms with Gasteiger partial charge in [-0.25, -0.2) is 4.39 Å². The monoisotopic (exact) mass is 262 g/mol. The van der Waals surface area contributed by atoms with Crippen LogP contribution in [-0.2, 0) is 0 Å². The van der Waals surface area contributed by atoms with Gasteiger partial charge in [-0.15, -0.1) is 0 Å². The van der Waals surface area contributed by atoms with Crippen molar-refractivity contribution < 1.29 is 4.39 Å². The fraction of sp³-hybridized carbons (Fsp3) is 0.143. The second kappa shape index (κ2) is 3.44. The van der Waals surface area contributed by atoms with Crippen molar-refractivity contribution in [1.29, 1.82) is 0 Å². The van der Waals surface area contributed by atoms with Crippen molar-refractivity contribution in [3.8, 4) is 11.1 Å². The Morgan fingerprint density at radius 1 is 0.941 bits per heavy atom. The Labute approximate surface area is 106 Å². The topological polar surface area (TPSA) is 0 Å². The van der Waals surface area contributed by atoms with Crippen molar-refractivity contribution in [1.82, 2.24) is 0 Å². The van der Waals surface area contributed by atoms with Crippen LogP contribution in [0, 0.1) is 5.82 Å². The van der Waals surface area contributed by atoms with Gasteiger partial charge in [-0.3, -0.25) is 0 Å². The van der Waals surface area contributed by atoms with Gasteiger partial charge in [0.15, 0.2) is 0 Å². The molecule has 0 saturated heterocycles. The van der Waals surface area contributed by atoms with Crippen LogP contribution in [0.2, 0.25) is 18.1 Å². The second-order valence-electron chi connectivity index (χ2n) is 4.95. The molecule has 2 aromatic carbocycles. The van der Waals surface area contributed by atoms with Crippen LogP contribution in [-0.4, -0.2) is 8.07 Å². The molecular weight excluding hydrogens is 251 g/mol. The lowest BCUT2D eigenvalue weighted by molar-refractivity contribution is 0.632. The van der Waals surface area contributed by atoms with Crippen LogP contribution in [0.25, 0.3) is 11.1 Å². The maximum Gasteiger partial charge on any atom is 0.130 e. The molecule has 0 atom stereocenters. The van der Waals surface area contributed by atoms with Crippen molar-refractivity contribution in [3.63, 3.8) is 0 Å². The Morgan fingerprint density at radius 2 is 1.53 bits per heavy atom. The summed E-state index contributed by atoms with van der Waals surface area (Å²) in [7, 11) is -1.77. The first-order chi connectivity index (χ1) is 8.03. The van der Waals surface area contributed by atoms with E-state index in [1.807, 2.05) is 18.2 Å². The van der Waals surface area contributed by atoms with E-state index in [4.69, 9.17) is 11.6 Å². The van der Waals surface area contributed by atoms with Crippen LogP contribution in [0.3, 0.4) is 0 Å². The number of fused-ring (bicyclic) bond motifs is 3. The SMILES string of the molecule is C[Si]1(C)c2cccc(F)c2-c2c(Cl)cccc21. The molecule has 0 spiro atoms. The predicted molar refractivity (Wildman–Crippen MR) is 73.6 cm³/mol. The molecule has 0 radical (unpaired) electrons. The van der Waals surface area contributed by atoms with Gasteiger partial charge in [0.2, 0.25) is 0 Å². The Bertz CT molecular complexity index is 566. The summed E-state index contributed by atoms with van der Waals surface area (Å²) in [6, 6.07) is 11.2. The first kappa shape index (κ1) is 11.0. The van der Waals surface area contributed by atoms with Gasteiger partial charge in [-0.2, -0.15) is 0 Å². The van der Waals surface area contributed by atoms with Crippen molar-refractivity contribution in [3.05, 3.63) is 47.2 Å². The van der Waals surface area contributed by atoms with E-state index in [1.165, 1.54) is 11.3 Å². The van der Waals surface area contributed by atoms with Crippen LogP contribution < -0.4 is 10.4 Å². The Morgan fingerprint density at radius 3 is 2.24 bits per heavy atom. The van der Waals surface area contributed by atoms with Crippen LogP contribution >= 0.6 is 11.6 Å². The van der Waals surface area contributed by atoms with E-state index in [0.717, 1.165) is 16.3 Å². The molecule has 0 aliphatic carbocycles. The minimum atomic E-state index is -1.77. The van der Waals surface area contributed by atoms with E-state index < -0.39 is 8.07 Å². The van der Waals surface area contributed by atoms with E-state index in [-0.39, 0.29) is 5.82 Å². The minimum absolute atomic E-state index is 0.157. The Kier molecular flexibility index (Phi) is 2.22. The van der Waals surface area contributed by atoms with Gasteiger partial charge in [0.1, 0.15) is 13.9 Å². The number of rotatable bonds is 0. The van der Waals surface area contributed by atoms with Gasteiger partial charge in [0, 0.05) is 16.1 Å². The normalized spacial score (nSPS) is 15.5. The average Bonchev–Trinajstić information content (AvgIpc) is 2.52. The van der Waals surface area contributed by atoms with Gasteiger partial charge in [-0.1, -0.05) is 49.0 Å². The molecule has 86 valence electrons. The molecule has 0 nitrogen and oxygen atoms in total. The van der Waals surface area contributed by atoms with Crippen LogP contribution in [0.4, 0.5) is 4.39 Å². The maximum atomic E-state index is 14.1. The molecule has 1 heterocycles. The van der Waals surface area contributed by atoms with Gasteiger partial charge in [0.25, 0.3) is 0 Å². The summed E-state index contributed by atoms with van der Waals surface area (Å²) < 4.78 is 14.1. The van der Waals surface area contributed by atoms with E-state index in [1.54, 1.807) is 6.07 Å². The largest absolute Gasteiger partial charge is 0.206 e. The van der Waals surface area contributed by atoms with Crippen molar-refractivity contribution in [2.24, 2.45) is 0 Å². The molecule has 0 unspecified atom stereocenters. The highest BCUT2D eigenvalue weighted by molar-refractivity contribution is 7.04. The summed E-state index contributed by atoms with van der Waals surface area (Å²) in [6.07, 6.45) is 0. The first-order valence-electron chi connectivity index (χ1n) is 5.62. The van der Waals surface area contributed by atoms with Crippen molar-refractivity contribution in [2.75, 3.05) is 0 Å². The molecule has 0 amide bonds. The summed E-state index contributed by atoms with van der Waals surface area (Å²) in [5.74, 6) is -0.157. The maximum absolute atomic E-state index is 14.1. The van der Waals surface area contributed by atoms with Crippen molar-refractivity contribution >= 4 is 30.0 Å². The summed E-state index contributed by atoms with van der Waals surface area (Å²) >= 11 is 6.25. The van der Waals surface area contributed by atoms with Crippen molar-refractivity contribution in [2.45, 2.75) is 13.1 Å². The van der Waals surface area contributed by atoms with E-state index in [9.17, 15) is 4.39 Å². The quantitative estimate of drug-likeness (QED) is 0.639. The molecule has 1 aliphatic heterocycles. The van der Waals surface area contributed by atoms with Crippen LogP contribution in [0.5, 0.6) is 0 Å². The third-order valence-electron chi connectivity index (χ3n) is 3.62. The Balaban J connectivity index is 2.49. The summed E-state index contributed by atoms with van der Waals surface area (Å²) in [6.45, 7) is 4.49. The molecule has 2 aromatic rings. The van der Waals surface area contributed by atoms with E-state index >= 15 is 0 Å². The van der Waals surface area contributed by atoms with Gasteiger partial charge in [-0.05, 0) is 22.5 Å². The number of benzene rings is 2. The van der Waals surface area contributed by atoms with Crippen LogP contribution in [0.1, 0.15) is 0 Å². The zero-order valence-corrected chi connectivity index (χ0v) is 11.5. The van der Waals surface area contributed by atoms with E-state index in [2.05, 4.69) is 19.2 Å². The number of hydrogen-bond acceptors (Lipinski definition) is 0. The second-order valence-corrected chi connectivity index (χ2v) is 9.68. The van der Waals surface area contributed by atoms with Gasteiger partial charge >= 0.3 is 0 Å². The zero-order valence-electron chi connectivity index (χ0n) is 9.72. The molecule has 1 aliphatic rings. The summed E-state index contributed by atoms with van der Waals surface area (Å²) in [4.78, 5) is 0. The first-order valence-corrected chi connectivity index (χ1v) is 8.99. The highest BCUT2D eigenvalue weighted by Gasteiger charge is 2.39. The fourth-order valence-corrected chi connectivity index (χ4v) is 6.16. The standard InChI is InChI=1S/C14H12ClFSi/c1-17(2)11-7-3-5-9(15)13(11)14-10(16)6-4-8-12(14)17/h3-8H,1-2H3. The highest BCUT2D eigenvalue weighted by Crippen LogP contribution is 2.34.